The zero-order valence-electron chi connectivity index (χ0n) is 13.2. The molecule has 22 heavy (non-hydrogen) atoms. The lowest BCUT2D eigenvalue weighted by atomic mass is 10.1. The topological polar surface area (TPSA) is 66.5 Å². The van der Waals surface area contributed by atoms with E-state index < -0.39 is 10.0 Å². The number of carbonyl (C=O) groups is 1. The van der Waals surface area contributed by atoms with Gasteiger partial charge < -0.3 is 5.32 Å². The molecule has 1 N–H and O–H groups in total. The minimum Gasteiger partial charge on any atom is -0.322 e. The van der Waals surface area contributed by atoms with Crippen molar-refractivity contribution in [2.75, 3.05) is 21.9 Å². The van der Waals surface area contributed by atoms with Crippen LogP contribution in [-0.4, -0.2) is 26.6 Å². The van der Waals surface area contributed by atoms with Crippen LogP contribution in [0.2, 0.25) is 0 Å². The summed E-state index contributed by atoms with van der Waals surface area (Å²) in [6, 6.07) is 5.35. The van der Waals surface area contributed by atoms with Gasteiger partial charge in [-0.3, -0.25) is 9.10 Å². The molecule has 1 amide bonds. The first-order valence-corrected chi connectivity index (χ1v) is 9.05. The maximum absolute atomic E-state index is 12.1. The number of aryl methyl sites for hydroxylation is 1. The number of benzene rings is 1. The molecule has 0 spiro atoms. The summed E-state index contributed by atoms with van der Waals surface area (Å²) in [7, 11) is -3.22. The summed E-state index contributed by atoms with van der Waals surface area (Å²) in [5.41, 5.74) is 2.78. The van der Waals surface area contributed by atoms with E-state index in [1.807, 2.05) is 26.0 Å². The molecule has 0 bridgehead atoms. The molecule has 1 aromatic rings. The van der Waals surface area contributed by atoms with Crippen LogP contribution in [0.1, 0.15) is 32.3 Å². The minimum absolute atomic E-state index is 0.166. The third-order valence-electron chi connectivity index (χ3n) is 3.70. The van der Waals surface area contributed by atoms with Crippen LogP contribution in [-0.2, 0) is 14.8 Å². The highest BCUT2D eigenvalue weighted by Gasteiger charge is 2.29. The molecule has 0 saturated carbocycles. The molecular weight excluding hydrogens is 300 g/mol. The van der Waals surface area contributed by atoms with Crippen LogP contribution in [0.25, 0.3) is 0 Å². The first-order chi connectivity index (χ1) is 10.3. The molecule has 0 aromatic heterocycles. The zero-order valence-corrected chi connectivity index (χ0v) is 14.0. The Bertz CT molecular complexity index is 708. The molecule has 120 valence electrons. The van der Waals surface area contributed by atoms with E-state index in [9.17, 15) is 13.2 Å². The first-order valence-electron chi connectivity index (χ1n) is 7.44. The quantitative estimate of drug-likeness (QED) is 0.867. The number of hydrogen-bond acceptors (Lipinski definition) is 3. The smallest absolute Gasteiger partial charge is 0.250 e. The molecule has 1 aliphatic rings. The van der Waals surface area contributed by atoms with E-state index in [4.69, 9.17) is 0 Å². The lowest BCUT2D eigenvalue weighted by Gasteiger charge is -2.20. The van der Waals surface area contributed by atoms with Crippen molar-refractivity contribution in [1.82, 2.24) is 0 Å². The number of sulfonamides is 1. The molecule has 0 atom stereocenters. The Balaban J connectivity index is 2.28. The summed E-state index contributed by atoms with van der Waals surface area (Å²) in [6.07, 6.45) is 3.29. The van der Waals surface area contributed by atoms with Gasteiger partial charge in [-0.05, 0) is 44.4 Å². The number of allylic oxidation sites excluding steroid dienone is 1. The highest BCUT2D eigenvalue weighted by molar-refractivity contribution is 7.93. The molecule has 1 saturated heterocycles. The summed E-state index contributed by atoms with van der Waals surface area (Å²) < 4.78 is 25.6. The zero-order chi connectivity index (χ0) is 16.3. The number of anilines is 2. The molecule has 1 heterocycles. The Kier molecular flexibility index (Phi) is 4.90. The maximum atomic E-state index is 12.1. The van der Waals surface area contributed by atoms with Gasteiger partial charge in [-0.1, -0.05) is 19.1 Å². The summed E-state index contributed by atoms with van der Waals surface area (Å²) in [5.74, 6) is 0.0161. The van der Waals surface area contributed by atoms with Crippen LogP contribution in [0.15, 0.2) is 29.8 Å². The Labute approximate surface area is 132 Å². The Morgan fingerprint density at radius 3 is 2.73 bits per heavy atom. The second-order valence-corrected chi connectivity index (χ2v) is 7.51. The lowest BCUT2D eigenvalue weighted by molar-refractivity contribution is -0.112. The number of amides is 1. The lowest BCUT2D eigenvalue weighted by Crippen LogP contribution is -2.26. The van der Waals surface area contributed by atoms with Crippen molar-refractivity contribution in [3.63, 3.8) is 0 Å². The molecule has 1 aliphatic heterocycles. The van der Waals surface area contributed by atoms with Gasteiger partial charge in [-0.2, -0.15) is 0 Å². The van der Waals surface area contributed by atoms with Gasteiger partial charge in [-0.15, -0.1) is 0 Å². The summed E-state index contributed by atoms with van der Waals surface area (Å²) in [4.78, 5) is 12.0. The van der Waals surface area contributed by atoms with E-state index in [2.05, 4.69) is 5.32 Å². The van der Waals surface area contributed by atoms with Gasteiger partial charge >= 0.3 is 0 Å². The fraction of sp³-hybridized carbons (Fsp3) is 0.438. The predicted molar refractivity (Wildman–Crippen MR) is 89.6 cm³/mol. The van der Waals surface area contributed by atoms with Crippen LogP contribution >= 0.6 is 0 Å². The van der Waals surface area contributed by atoms with Gasteiger partial charge in [0, 0.05) is 17.8 Å². The second kappa shape index (κ2) is 6.52. The molecule has 5 nitrogen and oxygen atoms in total. The van der Waals surface area contributed by atoms with Crippen LogP contribution < -0.4 is 9.62 Å². The third-order valence-corrected chi connectivity index (χ3v) is 5.56. The monoisotopic (exact) mass is 322 g/mol. The normalized spacial score (nSPS) is 17.6. The van der Waals surface area contributed by atoms with Crippen molar-refractivity contribution in [2.24, 2.45) is 0 Å². The fourth-order valence-electron chi connectivity index (χ4n) is 2.49. The van der Waals surface area contributed by atoms with Crippen LogP contribution in [0.4, 0.5) is 11.4 Å². The van der Waals surface area contributed by atoms with Crippen LogP contribution in [0, 0.1) is 6.92 Å². The molecular formula is C16H22N2O3S. The van der Waals surface area contributed by atoms with E-state index in [1.54, 1.807) is 19.1 Å². The van der Waals surface area contributed by atoms with E-state index in [-0.39, 0.29) is 11.7 Å². The molecule has 0 unspecified atom stereocenters. The van der Waals surface area contributed by atoms with Gasteiger partial charge in [0.1, 0.15) is 0 Å². The number of nitrogens with zero attached hydrogens (tertiary/aromatic N) is 1. The van der Waals surface area contributed by atoms with E-state index >= 15 is 0 Å². The van der Waals surface area contributed by atoms with Crippen LogP contribution in [0.3, 0.4) is 0 Å². The fourth-order valence-corrected chi connectivity index (χ4v) is 4.11. The molecule has 0 aliphatic carbocycles. The van der Waals surface area contributed by atoms with Crippen molar-refractivity contribution in [1.29, 1.82) is 0 Å². The Morgan fingerprint density at radius 1 is 1.41 bits per heavy atom. The van der Waals surface area contributed by atoms with E-state index in [0.717, 1.165) is 12.0 Å². The van der Waals surface area contributed by atoms with Crippen molar-refractivity contribution in [2.45, 2.75) is 33.6 Å². The molecule has 6 heteroatoms. The minimum atomic E-state index is -3.22. The van der Waals surface area contributed by atoms with Gasteiger partial charge in [0.05, 0.1) is 11.4 Å². The average Bonchev–Trinajstić information content (AvgIpc) is 2.80. The predicted octanol–water partition coefficient (Wildman–Crippen LogP) is 2.83. The summed E-state index contributed by atoms with van der Waals surface area (Å²) in [5, 5.41) is 2.82. The average molecular weight is 322 g/mol. The molecule has 0 radical (unpaired) electrons. The Hall–Kier alpha value is -1.82. The van der Waals surface area contributed by atoms with Gasteiger partial charge in [-0.25, -0.2) is 8.42 Å². The number of nitrogens with one attached hydrogen (secondary N) is 1. The van der Waals surface area contributed by atoms with Crippen molar-refractivity contribution < 1.29 is 13.2 Å². The Morgan fingerprint density at radius 2 is 2.14 bits per heavy atom. The first kappa shape index (κ1) is 16.5. The summed E-state index contributed by atoms with van der Waals surface area (Å²) in [6.45, 7) is 6.10. The van der Waals surface area contributed by atoms with Crippen molar-refractivity contribution in [3.8, 4) is 0 Å². The van der Waals surface area contributed by atoms with Gasteiger partial charge in [0.2, 0.25) is 10.0 Å². The summed E-state index contributed by atoms with van der Waals surface area (Å²) >= 11 is 0. The van der Waals surface area contributed by atoms with E-state index in [0.29, 0.717) is 29.9 Å². The van der Waals surface area contributed by atoms with Gasteiger partial charge in [0.25, 0.3) is 5.91 Å². The van der Waals surface area contributed by atoms with E-state index in [1.165, 1.54) is 4.31 Å². The van der Waals surface area contributed by atoms with Crippen molar-refractivity contribution >= 4 is 27.3 Å². The molecule has 2 rings (SSSR count). The molecule has 1 fully saturated rings. The highest BCUT2D eigenvalue weighted by atomic mass is 32.2. The largest absolute Gasteiger partial charge is 0.322 e. The standard InChI is InChI=1S/C16H22N2O3S/c1-4-6-13(3)16(19)17-14-8-7-12(2)15(11-14)18-9-5-10-22(18,20)21/h6-8,11H,4-5,9-10H2,1-3H3,(H,17,19)/b13-6-. The number of carbonyl (C=O) groups excluding carboxylic acids is 1. The maximum Gasteiger partial charge on any atom is 0.250 e. The highest BCUT2D eigenvalue weighted by Crippen LogP contribution is 2.30. The second-order valence-electron chi connectivity index (χ2n) is 5.49. The SMILES string of the molecule is CC/C=C(/C)C(=O)Nc1ccc(C)c(N2CCCS2(=O)=O)c1. The number of hydrogen-bond donors (Lipinski definition) is 1. The van der Waals surface area contributed by atoms with Gasteiger partial charge in [0.15, 0.2) is 0 Å². The number of rotatable bonds is 4. The molecule has 1 aromatic carbocycles. The van der Waals surface area contributed by atoms with Crippen molar-refractivity contribution in [3.05, 3.63) is 35.4 Å². The van der Waals surface area contributed by atoms with Crippen LogP contribution in [0.5, 0.6) is 0 Å². The third kappa shape index (κ3) is 3.50.